The van der Waals surface area contributed by atoms with Gasteiger partial charge >= 0.3 is 0 Å². The molecule has 0 fully saturated rings. The molecule has 0 aliphatic rings. The van der Waals surface area contributed by atoms with Gasteiger partial charge in [-0.2, -0.15) is 5.26 Å². The zero-order valence-corrected chi connectivity index (χ0v) is 12.1. The molecule has 6 heteroatoms. The lowest BCUT2D eigenvalue weighted by atomic mass is 10.1. The first-order valence-electron chi connectivity index (χ1n) is 5.64. The maximum absolute atomic E-state index is 12.2. The van der Waals surface area contributed by atoms with Gasteiger partial charge in [-0.05, 0) is 34.1 Å². The zero-order chi connectivity index (χ0) is 14.5. The fourth-order valence-corrected chi connectivity index (χ4v) is 2.01. The number of carbonyl (C=O) groups is 1. The fourth-order valence-electron chi connectivity index (χ4n) is 1.65. The van der Waals surface area contributed by atoms with Gasteiger partial charge in [-0.15, -0.1) is 0 Å². The largest absolute Gasteiger partial charge is 0.495 e. The molecular weight excluding hydrogens is 322 g/mol. The van der Waals surface area contributed by atoms with E-state index in [2.05, 4.69) is 26.2 Å². The predicted octanol–water partition coefficient (Wildman–Crippen LogP) is 2.98. The molecular formula is C14H10BrN3O2. The van der Waals surface area contributed by atoms with E-state index in [1.54, 1.807) is 30.5 Å². The summed E-state index contributed by atoms with van der Waals surface area (Å²) < 4.78 is 5.86. The van der Waals surface area contributed by atoms with E-state index in [0.29, 0.717) is 27.0 Å². The molecule has 0 saturated carbocycles. The van der Waals surface area contributed by atoms with E-state index in [1.807, 2.05) is 6.07 Å². The second-order valence-electron chi connectivity index (χ2n) is 3.84. The maximum atomic E-state index is 12.2. The molecule has 0 saturated heterocycles. The number of anilines is 1. The quantitative estimate of drug-likeness (QED) is 0.938. The van der Waals surface area contributed by atoms with E-state index in [0.717, 1.165) is 0 Å². The number of nitrogens with one attached hydrogen (secondary N) is 1. The molecule has 0 atom stereocenters. The van der Waals surface area contributed by atoms with Crippen molar-refractivity contribution in [2.24, 2.45) is 0 Å². The van der Waals surface area contributed by atoms with Crippen LogP contribution in [0.15, 0.2) is 41.1 Å². The summed E-state index contributed by atoms with van der Waals surface area (Å²) in [5.41, 5.74) is 1.07. The smallest absolute Gasteiger partial charge is 0.257 e. The van der Waals surface area contributed by atoms with Crippen molar-refractivity contribution in [3.63, 3.8) is 0 Å². The zero-order valence-electron chi connectivity index (χ0n) is 10.6. The molecule has 0 unspecified atom stereocenters. The monoisotopic (exact) mass is 331 g/mol. The van der Waals surface area contributed by atoms with Crippen LogP contribution in [0.2, 0.25) is 0 Å². The summed E-state index contributed by atoms with van der Waals surface area (Å²) in [7, 11) is 1.48. The number of carbonyl (C=O) groups excluding carboxylic acids is 1. The van der Waals surface area contributed by atoms with Crippen LogP contribution in [0.25, 0.3) is 0 Å². The van der Waals surface area contributed by atoms with E-state index >= 15 is 0 Å². The van der Waals surface area contributed by atoms with Crippen LogP contribution in [-0.4, -0.2) is 18.0 Å². The van der Waals surface area contributed by atoms with Crippen LogP contribution < -0.4 is 10.1 Å². The average molecular weight is 332 g/mol. The number of nitrogens with zero attached hydrogens (tertiary/aromatic N) is 2. The number of nitriles is 1. The minimum Gasteiger partial charge on any atom is -0.495 e. The van der Waals surface area contributed by atoms with Gasteiger partial charge in [-0.3, -0.25) is 9.78 Å². The second kappa shape index (κ2) is 6.17. The summed E-state index contributed by atoms with van der Waals surface area (Å²) in [6, 6.07) is 8.63. The predicted molar refractivity (Wildman–Crippen MR) is 77.6 cm³/mol. The van der Waals surface area contributed by atoms with Crippen LogP contribution in [0, 0.1) is 11.3 Å². The summed E-state index contributed by atoms with van der Waals surface area (Å²) in [5.74, 6) is 0.0696. The molecule has 0 radical (unpaired) electrons. The van der Waals surface area contributed by atoms with Crippen molar-refractivity contribution in [1.82, 2.24) is 4.98 Å². The molecule has 0 aliphatic carbocycles. The molecule has 1 heterocycles. The van der Waals surface area contributed by atoms with E-state index in [-0.39, 0.29) is 5.91 Å². The Balaban J connectivity index is 2.35. The van der Waals surface area contributed by atoms with E-state index in [4.69, 9.17) is 10.00 Å². The van der Waals surface area contributed by atoms with Crippen molar-refractivity contribution in [3.05, 3.63) is 52.3 Å². The standard InChI is InChI=1S/C14H10BrN3O2/c1-20-12-4-2-3-9(6-16)13(12)18-14(19)10-5-11(15)8-17-7-10/h2-5,7-8H,1H3,(H,18,19). The number of para-hydroxylation sites is 1. The highest BCUT2D eigenvalue weighted by molar-refractivity contribution is 9.10. The lowest BCUT2D eigenvalue weighted by Crippen LogP contribution is -2.14. The number of methoxy groups -OCH3 is 1. The number of amides is 1. The minimum absolute atomic E-state index is 0.334. The van der Waals surface area contributed by atoms with Gasteiger partial charge in [0.1, 0.15) is 17.5 Å². The number of hydrogen-bond acceptors (Lipinski definition) is 4. The number of halogens is 1. The Hall–Kier alpha value is -2.39. The number of ether oxygens (including phenoxy) is 1. The maximum Gasteiger partial charge on any atom is 0.257 e. The first-order chi connectivity index (χ1) is 9.65. The Kier molecular flexibility index (Phi) is 4.33. The molecule has 1 amide bonds. The Morgan fingerprint density at radius 1 is 1.45 bits per heavy atom. The van der Waals surface area contributed by atoms with E-state index in [1.165, 1.54) is 13.3 Å². The Bertz CT molecular complexity index is 695. The fraction of sp³-hybridized carbons (Fsp3) is 0.0714. The topological polar surface area (TPSA) is 75.0 Å². The van der Waals surface area contributed by atoms with Crippen LogP contribution >= 0.6 is 15.9 Å². The van der Waals surface area contributed by atoms with Crippen LogP contribution in [0.5, 0.6) is 5.75 Å². The van der Waals surface area contributed by atoms with E-state index in [9.17, 15) is 4.79 Å². The van der Waals surface area contributed by atoms with Gasteiger partial charge in [0.15, 0.2) is 0 Å². The third-order valence-electron chi connectivity index (χ3n) is 2.57. The molecule has 2 rings (SSSR count). The molecule has 0 spiro atoms. The molecule has 2 aromatic rings. The number of pyridine rings is 1. The van der Waals surface area contributed by atoms with Crippen LogP contribution in [-0.2, 0) is 0 Å². The number of benzene rings is 1. The van der Waals surface area contributed by atoms with Crippen molar-refractivity contribution in [1.29, 1.82) is 5.26 Å². The van der Waals surface area contributed by atoms with Crippen molar-refractivity contribution in [2.45, 2.75) is 0 Å². The first-order valence-corrected chi connectivity index (χ1v) is 6.44. The van der Waals surface area contributed by atoms with Crippen molar-refractivity contribution >= 4 is 27.5 Å². The number of hydrogen-bond donors (Lipinski definition) is 1. The molecule has 20 heavy (non-hydrogen) atoms. The lowest BCUT2D eigenvalue weighted by Gasteiger charge is -2.11. The highest BCUT2D eigenvalue weighted by Gasteiger charge is 2.14. The summed E-state index contributed by atoms with van der Waals surface area (Å²) >= 11 is 3.25. The SMILES string of the molecule is COc1cccc(C#N)c1NC(=O)c1cncc(Br)c1. The molecule has 0 aliphatic heterocycles. The molecule has 0 bridgehead atoms. The third-order valence-corrected chi connectivity index (χ3v) is 3.01. The van der Waals surface area contributed by atoms with Gasteiger partial charge < -0.3 is 10.1 Å². The van der Waals surface area contributed by atoms with Gasteiger partial charge in [-0.1, -0.05) is 6.07 Å². The molecule has 5 nitrogen and oxygen atoms in total. The summed E-state index contributed by atoms with van der Waals surface area (Å²) in [5, 5.41) is 11.8. The Morgan fingerprint density at radius 3 is 2.90 bits per heavy atom. The third kappa shape index (κ3) is 2.95. The average Bonchev–Trinajstić information content (AvgIpc) is 2.47. The van der Waals surface area contributed by atoms with Crippen LogP contribution in [0.1, 0.15) is 15.9 Å². The first kappa shape index (κ1) is 14.0. The highest BCUT2D eigenvalue weighted by atomic mass is 79.9. The van der Waals surface area contributed by atoms with E-state index < -0.39 is 0 Å². The Morgan fingerprint density at radius 2 is 2.25 bits per heavy atom. The van der Waals surface area contributed by atoms with Crippen molar-refractivity contribution < 1.29 is 9.53 Å². The summed E-state index contributed by atoms with van der Waals surface area (Å²) in [4.78, 5) is 16.1. The number of aromatic nitrogens is 1. The summed E-state index contributed by atoms with van der Waals surface area (Å²) in [6.07, 6.45) is 3.03. The van der Waals surface area contributed by atoms with Gasteiger partial charge in [0, 0.05) is 16.9 Å². The van der Waals surface area contributed by atoms with Crippen LogP contribution in [0.3, 0.4) is 0 Å². The summed E-state index contributed by atoms with van der Waals surface area (Å²) in [6.45, 7) is 0. The lowest BCUT2D eigenvalue weighted by molar-refractivity contribution is 0.102. The van der Waals surface area contributed by atoms with Crippen molar-refractivity contribution in [3.8, 4) is 11.8 Å². The van der Waals surface area contributed by atoms with Gasteiger partial charge in [0.25, 0.3) is 5.91 Å². The second-order valence-corrected chi connectivity index (χ2v) is 4.76. The molecule has 100 valence electrons. The normalized spacial score (nSPS) is 9.65. The van der Waals surface area contributed by atoms with Crippen LogP contribution in [0.4, 0.5) is 5.69 Å². The number of rotatable bonds is 3. The van der Waals surface area contributed by atoms with Gasteiger partial charge in [-0.25, -0.2) is 0 Å². The molecule has 1 N–H and O–H groups in total. The minimum atomic E-state index is -0.361. The van der Waals surface area contributed by atoms with Gasteiger partial charge in [0.05, 0.1) is 18.2 Å². The molecule has 1 aromatic heterocycles. The molecule has 1 aromatic carbocycles. The highest BCUT2D eigenvalue weighted by Crippen LogP contribution is 2.28. The van der Waals surface area contributed by atoms with Crippen molar-refractivity contribution in [2.75, 3.05) is 12.4 Å². The van der Waals surface area contributed by atoms with Gasteiger partial charge in [0.2, 0.25) is 0 Å². The Labute approximate surface area is 124 Å².